The first kappa shape index (κ1) is 11.6. The average Bonchev–Trinajstić information content (AvgIpc) is 2.93. The van der Waals surface area contributed by atoms with Gasteiger partial charge in [-0.25, -0.2) is 0 Å². The summed E-state index contributed by atoms with van der Waals surface area (Å²) in [4.78, 5) is 15.5. The monoisotopic (exact) mass is 239 g/mol. The number of hydrogen-bond acceptors (Lipinski definition) is 3. The van der Waals surface area contributed by atoms with Crippen molar-refractivity contribution in [2.75, 3.05) is 6.54 Å². The van der Waals surface area contributed by atoms with E-state index in [4.69, 9.17) is 5.11 Å². The zero-order chi connectivity index (χ0) is 11.7. The minimum atomic E-state index is -0.725. The molecule has 4 heteroatoms. The molecule has 1 saturated carbocycles. The molecule has 0 unspecified atom stereocenters. The molecule has 3 nitrogen and oxygen atoms in total. The highest BCUT2D eigenvalue weighted by Gasteiger charge is 2.30. The molecule has 1 aromatic heterocycles. The highest BCUT2D eigenvalue weighted by atomic mass is 32.1. The van der Waals surface area contributed by atoms with E-state index in [0.717, 1.165) is 19.4 Å². The van der Waals surface area contributed by atoms with Gasteiger partial charge in [0.05, 0.1) is 6.54 Å². The fourth-order valence-corrected chi connectivity index (χ4v) is 2.93. The van der Waals surface area contributed by atoms with Crippen LogP contribution in [0.5, 0.6) is 0 Å². The van der Waals surface area contributed by atoms with Crippen molar-refractivity contribution in [2.45, 2.75) is 39.3 Å². The third-order valence-corrected chi connectivity index (χ3v) is 3.93. The van der Waals surface area contributed by atoms with Crippen molar-refractivity contribution in [1.82, 2.24) is 4.90 Å². The van der Waals surface area contributed by atoms with Gasteiger partial charge in [-0.2, -0.15) is 0 Å². The molecule has 88 valence electrons. The molecule has 0 spiro atoms. The Morgan fingerprint density at radius 3 is 2.69 bits per heavy atom. The number of nitrogens with zero attached hydrogens (tertiary/aromatic N) is 1. The van der Waals surface area contributed by atoms with Crippen LogP contribution in [0.25, 0.3) is 0 Å². The molecule has 0 saturated heterocycles. The van der Waals surface area contributed by atoms with E-state index in [-0.39, 0.29) is 6.54 Å². The summed E-state index contributed by atoms with van der Waals surface area (Å²) in [5.74, 6) is -0.725. The van der Waals surface area contributed by atoms with Gasteiger partial charge in [0.1, 0.15) is 0 Å². The zero-order valence-corrected chi connectivity index (χ0v) is 10.5. The summed E-state index contributed by atoms with van der Waals surface area (Å²) < 4.78 is 0. The van der Waals surface area contributed by atoms with Gasteiger partial charge >= 0.3 is 5.97 Å². The average molecular weight is 239 g/mol. The molecule has 1 aromatic rings. The molecule has 16 heavy (non-hydrogen) atoms. The Hall–Kier alpha value is -0.870. The molecule has 2 rings (SSSR count). The Morgan fingerprint density at radius 2 is 2.25 bits per heavy atom. The van der Waals surface area contributed by atoms with E-state index >= 15 is 0 Å². The molecular formula is C12H17NO2S. The fraction of sp³-hybridized carbons (Fsp3) is 0.583. The summed E-state index contributed by atoms with van der Waals surface area (Å²) in [6, 6.07) is 2.67. The Labute approximate surface area is 99.7 Å². The topological polar surface area (TPSA) is 40.5 Å². The maximum atomic E-state index is 10.8. The van der Waals surface area contributed by atoms with E-state index < -0.39 is 5.97 Å². The predicted octanol–water partition coefficient (Wildman–Crippen LogP) is 2.41. The summed E-state index contributed by atoms with van der Waals surface area (Å²) in [7, 11) is 0. The lowest BCUT2D eigenvalue weighted by Gasteiger charge is -2.19. The highest BCUT2D eigenvalue weighted by molar-refractivity contribution is 7.12. The zero-order valence-electron chi connectivity index (χ0n) is 9.69. The van der Waals surface area contributed by atoms with Gasteiger partial charge in [0.2, 0.25) is 0 Å². The molecule has 1 aliphatic carbocycles. The van der Waals surface area contributed by atoms with Crippen LogP contribution < -0.4 is 0 Å². The molecule has 0 amide bonds. The quantitative estimate of drug-likeness (QED) is 0.858. The van der Waals surface area contributed by atoms with E-state index in [2.05, 4.69) is 24.8 Å². The Balaban J connectivity index is 2.04. The number of carboxylic acid groups (broad SMARTS) is 1. The van der Waals surface area contributed by atoms with Crippen molar-refractivity contribution < 1.29 is 9.90 Å². The number of thiophene rings is 1. The van der Waals surface area contributed by atoms with Gasteiger partial charge in [-0.05, 0) is 38.3 Å². The number of rotatable bonds is 5. The van der Waals surface area contributed by atoms with Gasteiger partial charge < -0.3 is 5.11 Å². The maximum absolute atomic E-state index is 10.8. The third-order valence-electron chi connectivity index (χ3n) is 2.92. The summed E-state index contributed by atoms with van der Waals surface area (Å²) in [5.41, 5.74) is 1.29. The summed E-state index contributed by atoms with van der Waals surface area (Å²) in [6.07, 6.45) is 2.30. The minimum absolute atomic E-state index is 0.166. The van der Waals surface area contributed by atoms with Crippen molar-refractivity contribution in [3.63, 3.8) is 0 Å². The van der Waals surface area contributed by atoms with Crippen LogP contribution in [-0.2, 0) is 11.3 Å². The molecule has 1 aliphatic rings. The number of hydrogen-bond donors (Lipinski definition) is 1. The Morgan fingerprint density at radius 1 is 1.56 bits per heavy atom. The summed E-state index contributed by atoms with van der Waals surface area (Å²) in [5, 5.41) is 8.87. The summed E-state index contributed by atoms with van der Waals surface area (Å²) in [6.45, 7) is 5.16. The van der Waals surface area contributed by atoms with E-state index in [0.29, 0.717) is 6.04 Å². The van der Waals surface area contributed by atoms with Gasteiger partial charge in [-0.3, -0.25) is 9.69 Å². The Bertz CT molecular complexity index is 396. The van der Waals surface area contributed by atoms with Crippen LogP contribution >= 0.6 is 11.3 Å². The lowest BCUT2D eigenvalue weighted by atomic mass is 10.2. The molecule has 1 N–H and O–H groups in total. The van der Waals surface area contributed by atoms with Crippen LogP contribution in [0, 0.1) is 13.8 Å². The van der Waals surface area contributed by atoms with Crippen molar-refractivity contribution in [3.8, 4) is 0 Å². The van der Waals surface area contributed by atoms with Gasteiger partial charge in [0.15, 0.2) is 0 Å². The molecule has 0 aromatic carbocycles. The first-order valence-corrected chi connectivity index (χ1v) is 6.39. The number of aryl methyl sites for hydroxylation is 2. The van der Waals surface area contributed by atoms with Crippen LogP contribution in [0.15, 0.2) is 6.07 Å². The minimum Gasteiger partial charge on any atom is -0.480 e. The van der Waals surface area contributed by atoms with Crippen molar-refractivity contribution in [3.05, 3.63) is 21.4 Å². The van der Waals surface area contributed by atoms with Crippen LogP contribution in [0.3, 0.4) is 0 Å². The van der Waals surface area contributed by atoms with Gasteiger partial charge in [0.25, 0.3) is 0 Å². The second-order valence-electron chi connectivity index (χ2n) is 4.47. The van der Waals surface area contributed by atoms with Gasteiger partial charge in [-0.1, -0.05) is 0 Å². The standard InChI is InChI=1S/C12H17NO2S/c1-8-5-10(9(2)16-8)6-13(7-12(14)15)11-3-4-11/h5,11H,3-4,6-7H2,1-2H3,(H,14,15). The van der Waals surface area contributed by atoms with E-state index in [1.807, 2.05) is 0 Å². The molecule has 0 bridgehead atoms. The van der Waals surface area contributed by atoms with Crippen LogP contribution in [0.4, 0.5) is 0 Å². The van der Waals surface area contributed by atoms with Crippen LogP contribution in [0.1, 0.15) is 28.2 Å². The maximum Gasteiger partial charge on any atom is 0.317 e. The van der Waals surface area contributed by atoms with E-state index in [1.165, 1.54) is 15.3 Å². The normalized spacial score (nSPS) is 15.7. The van der Waals surface area contributed by atoms with Crippen LogP contribution in [0.2, 0.25) is 0 Å². The number of carbonyl (C=O) groups is 1. The smallest absolute Gasteiger partial charge is 0.317 e. The molecule has 1 heterocycles. The molecular weight excluding hydrogens is 222 g/mol. The van der Waals surface area contributed by atoms with Gasteiger partial charge in [0, 0.05) is 22.3 Å². The first-order chi connectivity index (χ1) is 7.56. The highest BCUT2D eigenvalue weighted by Crippen LogP contribution is 2.30. The molecule has 0 atom stereocenters. The van der Waals surface area contributed by atoms with Gasteiger partial charge in [-0.15, -0.1) is 11.3 Å². The van der Waals surface area contributed by atoms with E-state index in [1.54, 1.807) is 11.3 Å². The fourth-order valence-electron chi connectivity index (χ4n) is 1.99. The lowest BCUT2D eigenvalue weighted by Crippen LogP contribution is -2.31. The second-order valence-corrected chi connectivity index (χ2v) is 5.93. The third kappa shape index (κ3) is 2.83. The predicted molar refractivity (Wildman–Crippen MR) is 64.9 cm³/mol. The number of carboxylic acids is 1. The largest absolute Gasteiger partial charge is 0.480 e. The molecule has 0 aliphatic heterocycles. The van der Waals surface area contributed by atoms with Crippen molar-refractivity contribution >= 4 is 17.3 Å². The van der Waals surface area contributed by atoms with Crippen molar-refractivity contribution in [1.29, 1.82) is 0 Å². The SMILES string of the molecule is Cc1cc(CN(CC(=O)O)C2CC2)c(C)s1. The van der Waals surface area contributed by atoms with Crippen LogP contribution in [-0.4, -0.2) is 28.6 Å². The lowest BCUT2D eigenvalue weighted by molar-refractivity contribution is -0.138. The molecule has 1 fully saturated rings. The van der Waals surface area contributed by atoms with Crippen molar-refractivity contribution in [2.24, 2.45) is 0 Å². The molecule has 0 radical (unpaired) electrons. The second kappa shape index (κ2) is 4.55. The van der Waals surface area contributed by atoms with E-state index in [9.17, 15) is 4.79 Å². The Kier molecular flexibility index (Phi) is 3.30. The first-order valence-electron chi connectivity index (χ1n) is 5.58. The number of aliphatic carboxylic acids is 1. The summed E-state index contributed by atoms with van der Waals surface area (Å²) >= 11 is 1.79.